The third-order valence-electron chi connectivity index (χ3n) is 1.51. The maximum absolute atomic E-state index is 12.7. The molecule has 1 aromatic rings. The van der Waals surface area contributed by atoms with Gasteiger partial charge in [0.15, 0.2) is 5.78 Å². The molecule has 1 aromatic carbocycles. The lowest BCUT2D eigenvalue weighted by atomic mass is 10.1. The Balaban J connectivity index is 3.13. The summed E-state index contributed by atoms with van der Waals surface area (Å²) in [6, 6.07) is 3.72. The van der Waals surface area contributed by atoms with Gasteiger partial charge in [-0.15, -0.1) is 0 Å². The number of allylic oxidation sites excluding steroid dienone is 2. The van der Waals surface area contributed by atoms with Crippen molar-refractivity contribution < 1.29 is 9.18 Å². The number of carbonyl (C=O) groups excluding carboxylic acids is 1. The van der Waals surface area contributed by atoms with Gasteiger partial charge in [-0.25, -0.2) is 4.39 Å². The number of hydrogen-bond acceptors (Lipinski definition) is 1. The van der Waals surface area contributed by atoms with E-state index in [2.05, 4.69) is 0 Å². The predicted octanol–water partition coefficient (Wildman–Crippen LogP) is 3.24. The quantitative estimate of drug-likeness (QED) is 0.527. The Morgan fingerprint density at radius 1 is 1.54 bits per heavy atom. The molecule has 0 aliphatic carbocycles. The van der Waals surface area contributed by atoms with Crippen molar-refractivity contribution in [3.8, 4) is 0 Å². The van der Waals surface area contributed by atoms with Crippen LogP contribution in [0.4, 0.5) is 4.39 Å². The van der Waals surface area contributed by atoms with Gasteiger partial charge in [0.2, 0.25) is 0 Å². The predicted molar refractivity (Wildman–Crippen MR) is 50.6 cm³/mol. The summed E-state index contributed by atoms with van der Waals surface area (Å²) in [6.07, 6.45) is 2.93. The molecular formula is C10H8ClFO. The molecule has 1 rings (SSSR count). The Morgan fingerprint density at radius 3 is 2.85 bits per heavy atom. The minimum absolute atomic E-state index is 0.194. The van der Waals surface area contributed by atoms with Crippen molar-refractivity contribution >= 4 is 17.4 Å². The number of hydrogen-bond donors (Lipinski definition) is 0. The largest absolute Gasteiger partial charge is 0.289 e. The lowest BCUT2D eigenvalue weighted by Crippen LogP contribution is -1.96. The summed E-state index contributed by atoms with van der Waals surface area (Å²) in [7, 11) is 0. The van der Waals surface area contributed by atoms with Crippen LogP contribution in [0.2, 0.25) is 5.02 Å². The van der Waals surface area contributed by atoms with Gasteiger partial charge in [-0.2, -0.15) is 0 Å². The first-order valence-corrected chi connectivity index (χ1v) is 4.15. The number of benzene rings is 1. The van der Waals surface area contributed by atoms with Gasteiger partial charge in [-0.3, -0.25) is 4.79 Å². The maximum Gasteiger partial charge on any atom is 0.187 e. The molecule has 0 amide bonds. The van der Waals surface area contributed by atoms with E-state index in [4.69, 9.17) is 11.6 Å². The summed E-state index contributed by atoms with van der Waals surface area (Å²) in [5, 5.41) is 0.268. The molecule has 0 spiro atoms. The van der Waals surface area contributed by atoms with Crippen molar-refractivity contribution in [1.82, 2.24) is 0 Å². The lowest BCUT2D eigenvalue weighted by molar-refractivity contribution is 0.104. The summed E-state index contributed by atoms with van der Waals surface area (Å²) in [5.41, 5.74) is 0.194. The third-order valence-corrected chi connectivity index (χ3v) is 1.84. The highest BCUT2D eigenvalue weighted by Gasteiger charge is 2.07. The third kappa shape index (κ3) is 2.39. The molecule has 0 aromatic heterocycles. The van der Waals surface area contributed by atoms with Crippen LogP contribution in [-0.4, -0.2) is 5.78 Å². The van der Waals surface area contributed by atoms with E-state index in [-0.39, 0.29) is 16.4 Å². The highest BCUT2D eigenvalue weighted by Crippen LogP contribution is 2.17. The molecule has 0 heterocycles. The Hall–Kier alpha value is -1.15. The second-order valence-corrected chi connectivity index (χ2v) is 2.90. The molecule has 0 radical (unpaired) electrons. The van der Waals surface area contributed by atoms with Crippen LogP contribution in [0.25, 0.3) is 0 Å². The minimum atomic E-state index is -0.461. The van der Waals surface area contributed by atoms with Crippen LogP contribution in [0.5, 0.6) is 0 Å². The first-order valence-electron chi connectivity index (χ1n) is 3.77. The maximum atomic E-state index is 12.7. The van der Waals surface area contributed by atoms with E-state index in [1.165, 1.54) is 18.2 Å². The molecule has 0 saturated carbocycles. The molecule has 0 aliphatic heterocycles. The van der Waals surface area contributed by atoms with Crippen LogP contribution >= 0.6 is 11.6 Å². The van der Waals surface area contributed by atoms with Gasteiger partial charge in [-0.1, -0.05) is 17.7 Å². The zero-order valence-electron chi connectivity index (χ0n) is 7.05. The van der Waals surface area contributed by atoms with Gasteiger partial charge in [-0.05, 0) is 31.2 Å². The van der Waals surface area contributed by atoms with Crippen LogP contribution in [-0.2, 0) is 0 Å². The average molecular weight is 199 g/mol. The molecule has 0 bridgehead atoms. The number of rotatable bonds is 2. The second kappa shape index (κ2) is 4.19. The Labute approximate surface area is 80.8 Å². The van der Waals surface area contributed by atoms with Gasteiger partial charge in [0.1, 0.15) is 5.82 Å². The van der Waals surface area contributed by atoms with Crippen molar-refractivity contribution in [1.29, 1.82) is 0 Å². The molecule has 0 saturated heterocycles. The Bertz CT molecular complexity index is 358. The first-order chi connectivity index (χ1) is 6.15. The van der Waals surface area contributed by atoms with E-state index in [9.17, 15) is 9.18 Å². The van der Waals surface area contributed by atoms with Crippen LogP contribution in [0.1, 0.15) is 17.3 Å². The molecule has 0 aliphatic rings. The topological polar surface area (TPSA) is 17.1 Å². The van der Waals surface area contributed by atoms with E-state index < -0.39 is 5.82 Å². The van der Waals surface area contributed by atoms with Crippen LogP contribution < -0.4 is 0 Å². The standard InChI is InChI=1S/C10H8ClFO/c1-2-3-10(13)8-6-7(12)4-5-9(8)11/h2-6H,1H3/b3-2+. The van der Waals surface area contributed by atoms with Crippen molar-refractivity contribution in [3.63, 3.8) is 0 Å². The van der Waals surface area contributed by atoms with Crippen LogP contribution in [0.15, 0.2) is 30.4 Å². The molecule has 13 heavy (non-hydrogen) atoms. The normalized spacial score (nSPS) is 10.7. The Kier molecular flexibility index (Phi) is 3.20. The molecule has 0 fully saturated rings. The van der Waals surface area contributed by atoms with Gasteiger partial charge in [0.05, 0.1) is 5.02 Å². The smallest absolute Gasteiger partial charge is 0.187 e. The van der Waals surface area contributed by atoms with E-state index in [0.717, 1.165) is 6.07 Å². The van der Waals surface area contributed by atoms with Crippen molar-refractivity contribution in [2.24, 2.45) is 0 Å². The van der Waals surface area contributed by atoms with E-state index in [1.807, 2.05) is 0 Å². The summed E-state index contributed by atoms with van der Waals surface area (Å²) in [4.78, 5) is 11.3. The summed E-state index contributed by atoms with van der Waals surface area (Å²) < 4.78 is 12.7. The molecular weight excluding hydrogens is 191 g/mol. The molecule has 0 unspecified atom stereocenters. The number of ketones is 1. The fraction of sp³-hybridized carbons (Fsp3) is 0.100. The van der Waals surface area contributed by atoms with Gasteiger partial charge >= 0.3 is 0 Å². The minimum Gasteiger partial charge on any atom is -0.289 e. The van der Waals surface area contributed by atoms with Gasteiger partial charge < -0.3 is 0 Å². The van der Waals surface area contributed by atoms with Crippen molar-refractivity contribution in [3.05, 3.63) is 46.8 Å². The van der Waals surface area contributed by atoms with Gasteiger partial charge in [0.25, 0.3) is 0 Å². The molecule has 0 N–H and O–H groups in total. The molecule has 3 heteroatoms. The van der Waals surface area contributed by atoms with E-state index in [1.54, 1.807) is 13.0 Å². The van der Waals surface area contributed by atoms with Crippen LogP contribution in [0, 0.1) is 5.82 Å². The van der Waals surface area contributed by atoms with Crippen molar-refractivity contribution in [2.45, 2.75) is 6.92 Å². The summed E-state index contributed by atoms with van der Waals surface area (Å²) in [6.45, 7) is 1.71. The van der Waals surface area contributed by atoms with E-state index >= 15 is 0 Å². The highest BCUT2D eigenvalue weighted by atomic mass is 35.5. The summed E-state index contributed by atoms with van der Waals surface area (Å²) in [5.74, 6) is -0.746. The zero-order chi connectivity index (χ0) is 9.84. The molecule has 0 atom stereocenters. The average Bonchev–Trinajstić information content (AvgIpc) is 2.09. The fourth-order valence-corrected chi connectivity index (χ4v) is 1.14. The van der Waals surface area contributed by atoms with Crippen molar-refractivity contribution in [2.75, 3.05) is 0 Å². The summed E-state index contributed by atoms with van der Waals surface area (Å²) >= 11 is 5.71. The number of carbonyl (C=O) groups is 1. The lowest BCUT2D eigenvalue weighted by Gasteiger charge is -1.98. The second-order valence-electron chi connectivity index (χ2n) is 2.49. The van der Waals surface area contributed by atoms with Crippen LogP contribution in [0.3, 0.4) is 0 Å². The number of halogens is 2. The highest BCUT2D eigenvalue weighted by molar-refractivity contribution is 6.34. The fourth-order valence-electron chi connectivity index (χ4n) is 0.927. The molecule has 68 valence electrons. The van der Waals surface area contributed by atoms with E-state index in [0.29, 0.717) is 0 Å². The molecule has 1 nitrogen and oxygen atoms in total. The SMILES string of the molecule is C/C=C/C(=O)c1cc(F)ccc1Cl. The monoisotopic (exact) mass is 198 g/mol. The first kappa shape index (κ1) is 9.93. The Morgan fingerprint density at radius 2 is 2.23 bits per heavy atom. The van der Waals surface area contributed by atoms with Gasteiger partial charge in [0, 0.05) is 5.56 Å². The zero-order valence-corrected chi connectivity index (χ0v) is 7.81.